The first-order valence-electron chi connectivity index (χ1n) is 7.70. The van der Waals surface area contributed by atoms with Crippen molar-refractivity contribution >= 4 is 41.3 Å². The molecule has 0 spiro atoms. The lowest BCUT2D eigenvalue weighted by Gasteiger charge is -2.24. The molecule has 1 fully saturated rings. The molecule has 1 N–H and O–H groups in total. The van der Waals surface area contributed by atoms with Crippen molar-refractivity contribution in [3.8, 4) is 0 Å². The standard InChI is InChI=1S/C16H27N3OS.HI/c1-4-20-9-8-16(6-7-16)13-18-15(17-2)19(3)11-14-5-10-21-12-14;/h5,10,12H,4,6-9,11,13H2,1-3H3,(H,17,18);1H. The number of guanidine groups is 1. The van der Waals surface area contributed by atoms with Crippen molar-refractivity contribution in [1.82, 2.24) is 10.2 Å². The molecule has 4 nitrogen and oxygen atoms in total. The first-order chi connectivity index (χ1) is 10.2. The van der Waals surface area contributed by atoms with E-state index in [2.05, 4.69) is 46.0 Å². The van der Waals surface area contributed by atoms with E-state index in [1.165, 1.54) is 18.4 Å². The molecule has 2 rings (SSSR count). The lowest BCUT2D eigenvalue weighted by atomic mass is 10.0. The highest BCUT2D eigenvalue weighted by molar-refractivity contribution is 14.0. The molecule has 0 bridgehead atoms. The van der Waals surface area contributed by atoms with Gasteiger partial charge in [0.2, 0.25) is 0 Å². The number of hydrogen-bond donors (Lipinski definition) is 1. The van der Waals surface area contributed by atoms with Crippen molar-refractivity contribution in [2.24, 2.45) is 10.4 Å². The lowest BCUT2D eigenvalue weighted by Crippen LogP contribution is -2.41. The lowest BCUT2D eigenvalue weighted by molar-refractivity contribution is 0.128. The molecule has 1 saturated carbocycles. The Morgan fingerprint density at radius 1 is 1.50 bits per heavy atom. The van der Waals surface area contributed by atoms with Gasteiger partial charge in [-0.05, 0) is 54.0 Å². The number of nitrogens with zero attached hydrogens (tertiary/aromatic N) is 2. The summed E-state index contributed by atoms with van der Waals surface area (Å²) in [6, 6.07) is 2.17. The molecular weight excluding hydrogens is 409 g/mol. The molecule has 1 aromatic heterocycles. The zero-order chi connectivity index (χ0) is 15.1. The van der Waals surface area contributed by atoms with Crippen LogP contribution >= 0.6 is 35.3 Å². The van der Waals surface area contributed by atoms with Crippen LogP contribution in [0.3, 0.4) is 0 Å². The summed E-state index contributed by atoms with van der Waals surface area (Å²) in [5.41, 5.74) is 1.77. The fraction of sp³-hybridized carbons (Fsp3) is 0.688. The van der Waals surface area contributed by atoms with Crippen LogP contribution < -0.4 is 5.32 Å². The quantitative estimate of drug-likeness (QED) is 0.292. The maximum absolute atomic E-state index is 5.49. The highest BCUT2D eigenvalue weighted by atomic mass is 127. The minimum absolute atomic E-state index is 0. The molecule has 6 heteroatoms. The minimum Gasteiger partial charge on any atom is -0.382 e. The van der Waals surface area contributed by atoms with E-state index in [0.717, 1.165) is 38.7 Å². The number of aliphatic imine (C=N–C) groups is 1. The maximum atomic E-state index is 5.49. The molecule has 0 unspecified atom stereocenters. The van der Waals surface area contributed by atoms with E-state index in [9.17, 15) is 0 Å². The van der Waals surface area contributed by atoms with E-state index in [0.29, 0.717) is 5.41 Å². The van der Waals surface area contributed by atoms with Gasteiger partial charge in [-0.3, -0.25) is 4.99 Å². The third kappa shape index (κ3) is 6.04. The summed E-state index contributed by atoms with van der Waals surface area (Å²) < 4.78 is 5.49. The Kier molecular flexibility index (Phi) is 8.71. The van der Waals surface area contributed by atoms with Crippen LogP contribution in [0.1, 0.15) is 31.7 Å². The SMILES string of the molecule is CCOCCC1(CNC(=NC)N(C)Cc2ccsc2)CC1.I. The Labute approximate surface area is 155 Å². The summed E-state index contributed by atoms with van der Waals surface area (Å²) in [6.07, 6.45) is 3.76. The summed E-state index contributed by atoms with van der Waals surface area (Å²) in [7, 11) is 3.94. The van der Waals surface area contributed by atoms with Crippen molar-refractivity contribution in [2.45, 2.75) is 32.7 Å². The van der Waals surface area contributed by atoms with Crippen LogP contribution in [0.5, 0.6) is 0 Å². The first kappa shape index (κ1) is 19.7. The third-order valence-electron chi connectivity index (χ3n) is 4.13. The van der Waals surface area contributed by atoms with Crippen molar-refractivity contribution in [1.29, 1.82) is 0 Å². The molecule has 0 aliphatic heterocycles. The maximum Gasteiger partial charge on any atom is 0.193 e. The monoisotopic (exact) mass is 437 g/mol. The average molecular weight is 437 g/mol. The van der Waals surface area contributed by atoms with Crippen molar-refractivity contribution in [3.05, 3.63) is 22.4 Å². The van der Waals surface area contributed by atoms with Gasteiger partial charge >= 0.3 is 0 Å². The summed E-state index contributed by atoms with van der Waals surface area (Å²) in [5.74, 6) is 0.976. The van der Waals surface area contributed by atoms with E-state index in [4.69, 9.17) is 4.74 Å². The molecule has 1 aliphatic rings. The van der Waals surface area contributed by atoms with E-state index >= 15 is 0 Å². The second-order valence-electron chi connectivity index (χ2n) is 5.84. The Morgan fingerprint density at radius 2 is 2.27 bits per heavy atom. The van der Waals surface area contributed by atoms with E-state index in [1.807, 2.05) is 7.05 Å². The molecule has 0 amide bonds. The summed E-state index contributed by atoms with van der Waals surface area (Å²) in [4.78, 5) is 6.58. The second-order valence-corrected chi connectivity index (χ2v) is 6.62. The van der Waals surface area contributed by atoms with Gasteiger partial charge in [-0.15, -0.1) is 24.0 Å². The van der Waals surface area contributed by atoms with Crippen LogP contribution in [0.15, 0.2) is 21.8 Å². The zero-order valence-electron chi connectivity index (χ0n) is 13.8. The third-order valence-corrected chi connectivity index (χ3v) is 4.86. The van der Waals surface area contributed by atoms with Gasteiger partial charge in [-0.1, -0.05) is 0 Å². The number of halogens is 1. The summed E-state index contributed by atoms with van der Waals surface area (Å²) >= 11 is 1.74. The van der Waals surface area contributed by atoms with Crippen molar-refractivity contribution < 1.29 is 4.74 Å². The minimum atomic E-state index is 0. The molecule has 1 aromatic rings. The number of ether oxygens (including phenoxy) is 1. The fourth-order valence-electron chi connectivity index (χ4n) is 2.51. The Balaban J connectivity index is 0.00000242. The van der Waals surface area contributed by atoms with Crippen LogP contribution in [0.4, 0.5) is 0 Å². The Bertz CT molecular complexity index is 446. The zero-order valence-corrected chi connectivity index (χ0v) is 16.9. The number of thiophene rings is 1. The average Bonchev–Trinajstić information content (AvgIpc) is 3.05. The summed E-state index contributed by atoms with van der Waals surface area (Å²) in [6.45, 7) is 5.64. The van der Waals surface area contributed by atoms with Gasteiger partial charge in [0, 0.05) is 40.4 Å². The van der Waals surface area contributed by atoms with Gasteiger partial charge in [0.25, 0.3) is 0 Å². The second kappa shape index (κ2) is 9.72. The topological polar surface area (TPSA) is 36.9 Å². The van der Waals surface area contributed by atoms with E-state index in [-0.39, 0.29) is 24.0 Å². The Morgan fingerprint density at radius 3 is 2.82 bits per heavy atom. The highest BCUT2D eigenvalue weighted by Crippen LogP contribution is 2.48. The normalized spacial score (nSPS) is 16.0. The molecule has 0 radical (unpaired) electrons. The number of hydrogen-bond acceptors (Lipinski definition) is 3. The molecule has 126 valence electrons. The molecule has 1 aliphatic carbocycles. The van der Waals surface area contributed by atoms with E-state index < -0.39 is 0 Å². The first-order valence-corrected chi connectivity index (χ1v) is 8.64. The van der Waals surface area contributed by atoms with Crippen LogP contribution in [0.2, 0.25) is 0 Å². The largest absolute Gasteiger partial charge is 0.382 e. The van der Waals surface area contributed by atoms with Gasteiger partial charge < -0.3 is 15.0 Å². The molecule has 0 aromatic carbocycles. The van der Waals surface area contributed by atoms with Crippen LogP contribution in [-0.4, -0.2) is 44.7 Å². The van der Waals surface area contributed by atoms with Crippen LogP contribution in [0.25, 0.3) is 0 Å². The molecule has 22 heavy (non-hydrogen) atoms. The van der Waals surface area contributed by atoms with E-state index in [1.54, 1.807) is 11.3 Å². The molecular formula is C16H28IN3OS. The molecule has 0 atom stereocenters. The van der Waals surface area contributed by atoms with Gasteiger partial charge in [0.15, 0.2) is 5.96 Å². The van der Waals surface area contributed by atoms with Gasteiger partial charge in [0.1, 0.15) is 0 Å². The van der Waals surface area contributed by atoms with Crippen LogP contribution in [-0.2, 0) is 11.3 Å². The molecule has 0 saturated heterocycles. The summed E-state index contributed by atoms with van der Waals surface area (Å²) in [5, 5.41) is 7.84. The molecule has 1 heterocycles. The van der Waals surface area contributed by atoms with Crippen LogP contribution in [0, 0.1) is 5.41 Å². The van der Waals surface area contributed by atoms with Gasteiger partial charge in [-0.25, -0.2) is 0 Å². The predicted octanol–water partition coefficient (Wildman–Crippen LogP) is 3.58. The Hall–Kier alpha value is -0.340. The fourth-order valence-corrected chi connectivity index (χ4v) is 3.17. The highest BCUT2D eigenvalue weighted by Gasteiger charge is 2.42. The smallest absolute Gasteiger partial charge is 0.193 e. The predicted molar refractivity (Wildman–Crippen MR) is 105 cm³/mol. The van der Waals surface area contributed by atoms with Crippen molar-refractivity contribution in [2.75, 3.05) is 33.9 Å². The number of rotatable bonds is 8. The number of nitrogens with one attached hydrogen (secondary N) is 1. The van der Waals surface area contributed by atoms with Gasteiger partial charge in [0.05, 0.1) is 0 Å². The van der Waals surface area contributed by atoms with Gasteiger partial charge in [-0.2, -0.15) is 11.3 Å². The van der Waals surface area contributed by atoms with Crippen molar-refractivity contribution in [3.63, 3.8) is 0 Å².